The maximum absolute atomic E-state index is 12.5. The van der Waals surface area contributed by atoms with Crippen molar-refractivity contribution < 1.29 is 19.4 Å². The van der Waals surface area contributed by atoms with Crippen LogP contribution in [-0.2, 0) is 20.9 Å². The number of ether oxygens (including phenoxy) is 1. The lowest BCUT2D eigenvalue weighted by Gasteiger charge is -2.44. The number of carbonyl (C=O) groups is 2. The first kappa shape index (κ1) is 22.7. The number of hydrogen-bond donors (Lipinski definition) is 2. The predicted octanol–water partition coefficient (Wildman–Crippen LogP) is 5.30. The van der Waals surface area contributed by atoms with Crippen molar-refractivity contribution in [1.82, 2.24) is 4.98 Å². The van der Waals surface area contributed by atoms with Crippen LogP contribution < -0.4 is 5.32 Å². The fraction of sp³-hybridized carbons (Fsp3) is 0.292. The Morgan fingerprint density at radius 1 is 1.13 bits per heavy atom. The van der Waals surface area contributed by atoms with Crippen LogP contribution in [0.25, 0.3) is 10.9 Å². The Morgan fingerprint density at radius 2 is 1.81 bits per heavy atom. The first-order valence-electron chi connectivity index (χ1n) is 10.1. The molecule has 2 aromatic carbocycles. The number of carbonyl (C=O) groups excluding carboxylic acids is 1. The van der Waals surface area contributed by atoms with Gasteiger partial charge in [-0.3, -0.25) is 14.6 Å². The summed E-state index contributed by atoms with van der Waals surface area (Å²) < 4.78 is 6.10. The van der Waals surface area contributed by atoms with Gasteiger partial charge in [-0.1, -0.05) is 55.8 Å². The maximum atomic E-state index is 12.5. The van der Waals surface area contributed by atoms with Gasteiger partial charge in [0.2, 0.25) is 5.72 Å². The Labute approximate surface area is 186 Å². The van der Waals surface area contributed by atoms with E-state index in [9.17, 15) is 14.7 Å². The second-order valence-corrected chi connectivity index (χ2v) is 7.80. The number of aliphatic carboxylic acids is 1. The lowest BCUT2D eigenvalue weighted by atomic mass is 9.72. The molecule has 2 N–H and O–H groups in total. The van der Waals surface area contributed by atoms with Crippen molar-refractivity contribution in [1.29, 1.82) is 0 Å². The maximum Gasteiger partial charge on any atom is 0.315 e. The molecule has 0 spiro atoms. The fourth-order valence-electron chi connectivity index (χ4n) is 3.84. The molecule has 0 amide bonds. The molecule has 0 radical (unpaired) electrons. The molecule has 1 aromatic heterocycles. The lowest BCUT2D eigenvalue weighted by Crippen LogP contribution is -2.60. The minimum Gasteiger partial charge on any atom is -0.481 e. The molecule has 6 nitrogen and oxygen atoms in total. The van der Waals surface area contributed by atoms with Crippen molar-refractivity contribution >= 4 is 40.4 Å². The Morgan fingerprint density at radius 3 is 2.42 bits per heavy atom. The van der Waals surface area contributed by atoms with Crippen LogP contribution in [0.2, 0.25) is 5.02 Å². The molecular formula is C24H25ClN2O4. The second kappa shape index (κ2) is 9.45. The molecule has 0 aliphatic rings. The smallest absolute Gasteiger partial charge is 0.315 e. The normalized spacial score (nSPS) is 13.5. The molecule has 1 unspecified atom stereocenters. The molecule has 0 fully saturated rings. The van der Waals surface area contributed by atoms with Crippen LogP contribution in [0, 0.1) is 5.41 Å². The minimum atomic E-state index is -1.80. The lowest BCUT2D eigenvalue weighted by molar-refractivity contribution is -0.180. The number of aromatic nitrogens is 1. The molecule has 3 aromatic rings. The number of nitrogens with zero attached hydrogens (tertiary/aromatic N) is 1. The average molecular weight is 441 g/mol. The van der Waals surface area contributed by atoms with Crippen LogP contribution in [0.1, 0.15) is 32.4 Å². The van der Waals surface area contributed by atoms with Crippen molar-refractivity contribution in [2.24, 2.45) is 5.41 Å². The largest absolute Gasteiger partial charge is 0.481 e. The van der Waals surface area contributed by atoms with Gasteiger partial charge in [0.05, 0.1) is 17.8 Å². The van der Waals surface area contributed by atoms with Crippen molar-refractivity contribution in [2.75, 3.05) is 5.32 Å². The van der Waals surface area contributed by atoms with Gasteiger partial charge in [-0.2, -0.15) is 0 Å². The number of benzene rings is 2. The molecular weight excluding hydrogens is 416 g/mol. The summed E-state index contributed by atoms with van der Waals surface area (Å²) in [5.74, 6) is -1.11. The van der Waals surface area contributed by atoms with Crippen LogP contribution in [0.3, 0.4) is 0 Å². The molecule has 0 saturated carbocycles. The Bertz CT molecular complexity index is 1070. The third kappa shape index (κ3) is 4.40. The average Bonchev–Trinajstić information content (AvgIpc) is 2.78. The van der Waals surface area contributed by atoms with E-state index >= 15 is 0 Å². The zero-order chi connectivity index (χ0) is 22.5. The highest BCUT2D eigenvalue weighted by Gasteiger charge is 2.56. The number of halogens is 1. The number of carboxylic acids is 1. The molecule has 162 valence electrons. The van der Waals surface area contributed by atoms with Gasteiger partial charge in [-0.25, -0.2) is 0 Å². The van der Waals surface area contributed by atoms with Crippen LogP contribution in [-0.4, -0.2) is 28.1 Å². The highest BCUT2D eigenvalue weighted by molar-refractivity contribution is 6.31. The third-order valence-corrected chi connectivity index (χ3v) is 5.99. The molecule has 0 saturated heterocycles. The number of carboxylic acid groups (broad SMARTS) is 1. The summed E-state index contributed by atoms with van der Waals surface area (Å²) in [4.78, 5) is 29.4. The summed E-state index contributed by atoms with van der Waals surface area (Å²) in [6, 6.07) is 18.0. The molecule has 31 heavy (non-hydrogen) atoms. The van der Waals surface area contributed by atoms with Crippen LogP contribution in [0.4, 0.5) is 5.69 Å². The number of para-hydroxylation sites is 1. The van der Waals surface area contributed by atoms with E-state index in [-0.39, 0.29) is 19.4 Å². The Hall–Kier alpha value is -2.96. The number of anilines is 1. The minimum absolute atomic E-state index is 0.0595. The van der Waals surface area contributed by atoms with Crippen molar-refractivity contribution in [3.8, 4) is 0 Å². The molecule has 3 rings (SSSR count). The van der Waals surface area contributed by atoms with Gasteiger partial charge in [-0.05, 0) is 43.2 Å². The summed E-state index contributed by atoms with van der Waals surface area (Å²) in [6.45, 7) is 3.42. The topological polar surface area (TPSA) is 88.5 Å². The predicted molar refractivity (Wildman–Crippen MR) is 121 cm³/mol. The zero-order valence-corrected chi connectivity index (χ0v) is 18.2. The van der Waals surface area contributed by atoms with E-state index in [2.05, 4.69) is 10.3 Å². The van der Waals surface area contributed by atoms with Gasteiger partial charge in [0, 0.05) is 16.1 Å². The second-order valence-electron chi connectivity index (χ2n) is 7.37. The first-order valence-corrected chi connectivity index (χ1v) is 10.5. The van der Waals surface area contributed by atoms with E-state index in [0.29, 0.717) is 28.2 Å². The monoisotopic (exact) mass is 440 g/mol. The summed E-state index contributed by atoms with van der Waals surface area (Å²) in [5, 5.41) is 14.7. The fourth-order valence-corrected chi connectivity index (χ4v) is 4.01. The molecule has 7 heteroatoms. The number of hydrogen-bond acceptors (Lipinski definition) is 5. The van der Waals surface area contributed by atoms with Gasteiger partial charge in [-0.15, -0.1) is 0 Å². The molecule has 0 aliphatic carbocycles. The standard InChI is InChI=1S/C24H25ClN2O4/c1-3-23(4-2,22(29)30)24(16-28,27-19-8-6-5-7-9-19)31-15-20-13-11-17-10-12-18(25)14-21(17)26-20/h5-14,16,27H,3-4,15H2,1-2H3,(H,29,30). The zero-order valence-electron chi connectivity index (χ0n) is 17.5. The van der Waals surface area contributed by atoms with E-state index in [1.807, 2.05) is 18.2 Å². The van der Waals surface area contributed by atoms with Crippen LogP contribution in [0.5, 0.6) is 0 Å². The number of nitrogens with one attached hydrogen (secondary N) is 1. The van der Waals surface area contributed by atoms with Gasteiger partial charge in [0.15, 0.2) is 6.29 Å². The first-order chi connectivity index (χ1) is 14.9. The summed E-state index contributed by atoms with van der Waals surface area (Å²) in [7, 11) is 0. The highest BCUT2D eigenvalue weighted by Crippen LogP contribution is 2.41. The number of rotatable bonds is 10. The highest BCUT2D eigenvalue weighted by atomic mass is 35.5. The molecule has 1 atom stereocenters. The summed E-state index contributed by atoms with van der Waals surface area (Å²) in [5.41, 5.74) is -1.45. The van der Waals surface area contributed by atoms with Gasteiger partial charge < -0.3 is 15.2 Å². The summed E-state index contributed by atoms with van der Waals surface area (Å²) in [6.07, 6.45) is 0.940. The van der Waals surface area contributed by atoms with Crippen molar-refractivity contribution in [3.05, 3.63) is 71.4 Å². The van der Waals surface area contributed by atoms with Crippen molar-refractivity contribution in [3.63, 3.8) is 0 Å². The number of fused-ring (bicyclic) bond motifs is 1. The SMILES string of the molecule is CCC(CC)(C(=O)O)C(C=O)(Nc1ccccc1)OCc1ccc2ccc(Cl)cc2n1. The van der Waals surface area contributed by atoms with E-state index in [1.165, 1.54) is 0 Å². The van der Waals surface area contributed by atoms with E-state index < -0.39 is 17.1 Å². The van der Waals surface area contributed by atoms with E-state index in [4.69, 9.17) is 16.3 Å². The summed E-state index contributed by atoms with van der Waals surface area (Å²) >= 11 is 6.07. The van der Waals surface area contributed by atoms with Gasteiger partial charge in [0.25, 0.3) is 0 Å². The molecule has 1 heterocycles. The van der Waals surface area contributed by atoms with E-state index in [0.717, 1.165) is 5.39 Å². The Kier molecular flexibility index (Phi) is 6.93. The quantitative estimate of drug-likeness (QED) is 0.328. The van der Waals surface area contributed by atoms with Crippen LogP contribution in [0.15, 0.2) is 60.7 Å². The van der Waals surface area contributed by atoms with Crippen molar-refractivity contribution in [2.45, 2.75) is 39.0 Å². The van der Waals surface area contributed by atoms with Gasteiger partial charge >= 0.3 is 5.97 Å². The molecule has 0 aliphatic heterocycles. The Balaban J connectivity index is 2.01. The number of pyridine rings is 1. The van der Waals surface area contributed by atoms with E-state index in [1.54, 1.807) is 56.3 Å². The third-order valence-electron chi connectivity index (χ3n) is 5.76. The molecule has 0 bridgehead atoms. The number of aldehydes is 1. The van der Waals surface area contributed by atoms with Gasteiger partial charge in [0.1, 0.15) is 5.41 Å². The van der Waals surface area contributed by atoms with Crippen LogP contribution >= 0.6 is 11.6 Å².